The number of likely N-dealkylation sites (N-methyl/N-ethyl adjacent to an activating group) is 2. The fourth-order valence-electron chi connectivity index (χ4n) is 15.5. The van der Waals surface area contributed by atoms with Gasteiger partial charge in [0.15, 0.2) is 34.3 Å². The van der Waals surface area contributed by atoms with Gasteiger partial charge in [-0.15, -0.1) is 0 Å². The number of phenolic OH excluding ortho intramolecular Hbond substituents is 4. The van der Waals surface area contributed by atoms with E-state index in [2.05, 4.69) is 9.58 Å². The third kappa shape index (κ3) is 6.20. The van der Waals surface area contributed by atoms with Gasteiger partial charge in [-0.05, 0) is 79.1 Å². The number of aliphatic hydroxyl groups excluding tert-OH is 2. The zero-order chi connectivity index (χ0) is 56.1. The molecule has 4 fully saturated rings. The second-order valence-corrected chi connectivity index (χ2v) is 22.3. The Labute approximate surface area is 440 Å². The van der Waals surface area contributed by atoms with E-state index >= 15 is 0 Å². The Hall–Kier alpha value is -6.44. The summed E-state index contributed by atoms with van der Waals surface area (Å²) < 4.78 is 41.5. The van der Waals surface area contributed by atoms with Crippen molar-refractivity contribution in [3.8, 4) is 23.0 Å². The minimum atomic E-state index is -2.99. The molecule has 6 aromatic rings. The first kappa shape index (κ1) is 52.3. The van der Waals surface area contributed by atoms with Crippen LogP contribution in [0, 0.1) is 11.8 Å². The van der Waals surface area contributed by atoms with Crippen molar-refractivity contribution in [3.63, 3.8) is 0 Å². The topological polar surface area (TPSA) is 365 Å². The first-order chi connectivity index (χ1) is 36.8. The molecule has 6 aliphatic rings. The number of fused-ring (bicyclic) bond motifs is 10. The molecule has 0 radical (unpaired) electrons. The van der Waals surface area contributed by atoms with Gasteiger partial charge < -0.3 is 90.1 Å². The van der Waals surface area contributed by atoms with Gasteiger partial charge in [0.05, 0.1) is 81.0 Å². The molecule has 12 rings (SSSR count). The number of rotatable bonds is 8. The molecule has 24 heteroatoms. The third-order valence-corrected chi connectivity index (χ3v) is 18.1. The quantitative estimate of drug-likeness (QED) is 0.0571. The van der Waals surface area contributed by atoms with E-state index in [1.54, 1.807) is 65.7 Å². The van der Waals surface area contributed by atoms with Gasteiger partial charge in [-0.2, -0.15) is 9.58 Å². The monoisotopic (exact) mass is 1080 g/mol. The number of benzene rings is 4. The second kappa shape index (κ2) is 17.0. The second-order valence-electron chi connectivity index (χ2n) is 22.3. The number of nitrogens with zero attached hydrogens (tertiary/aromatic N) is 6. The molecule has 410 valence electrons. The van der Waals surface area contributed by atoms with Crippen molar-refractivity contribution >= 4 is 43.1 Å². The van der Waals surface area contributed by atoms with Gasteiger partial charge in [-0.3, -0.25) is 19.2 Å². The molecule has 0 spiro atoms. The predicted molar refractivity (Wildman–Crippen MR) is 268 cm³/mol. The molecule has 4 heterocycles. The lowest BCUT2D eigenvalue weighted by Crippen LogP contribution is -2.60. The van der Waals surface area contributed by atoms with Crippen LogP contribution >= 0.6 is 0 Å². The Bertz CT molecular complexity index is 3750. The first-order valence-electron chi connectivity index (χ1n) is 25.7. The van der Waals surface area contributed by atoms with Crippen LogP contribution < -0.4 is 32.4 Å². The average molecular weight is 1080 g/mol. The summed E-state index contributed by atoms with van der Waals surface area (Å²) >= 11 is 0. The fraction of sp³-hybridized carbons (Fsp3) is 0.519. The van der Waals surface area contributed by atoms with Gasteiger partial charge in [0.2, 0.25) is 11.6 Å². The summed E-state index contributed by atoms with van der Waals surface area (Å²) in [4.78, 5) is 65.5. The highest BCUT2D eigenvalue weighted by Gasteiger charge is 2.87. The maximum Gasteiger partial charge on any atom is 0.333 e. The van der Waals surface area contributed by atoms with Gasteiger partial charge in [0.25, 0.3) is 0 Å². The van der Waals surface area contributed by atoms with E-state index in [0.717, 1.165) is 24.3 Å². The van der Waals surface area contributed by atoms with Crippen molar-refractivity contribution < 1.29 is 78.9 Å². The highest BCUT2D eigenvalue weighted by molar-refractivity contribution is 6.14. The lowest BCUT2D eigenvalue weighted by atomic mass is 9.57. The number of hydrogen-bond donors (Lipinski definition) is 8. The Morgan fingerprint density at radius 1 is 0.564 bits per heavy atom. The zero-order valence-corrected chi connectivity index (χ0v) is 43.4. The van der Waals surface area contributed by atoms with Crippen LogP contribution in [0.5, 0.6) is 23.0 Å². The summed E-state index contributed by atoms with van der Waals surface area (Å²) in [6, 6.07) is 2.39. The Balaban J connectivity index is 1.23. The number of hydrogen-bond acceptors (Lipinski definition) is 20. The van der Waals surface area contributed by atoms with Crippen molar-refractivity contribution in [2.24, 2.45) is 11.8 Å². The third-order valence-electron chi connectivity index (χ3n) is 18.1. The number of aliphatic hydroxyl groups is 4. The summed E-state index contributed by atoms with van der Waals surface area (Å²) in [5.74, 6) is -13.3. The minimum Gasteiger partial charge on any atom is -0.506 e. The average Bonchev–Trinajstić information content (AvgIpc) is 1.58. The van der Waals surface area contributed by atoms with E-state index in [0.29, 0.717) is 0 Å². The van der Waals surface area contributed by atoms with Crippen molar-refractivity contribution in [1.82, 2.24) is 9.80 Å². The molecule has 2 aliphatic carbocycles. The maximum atomic E-state index is 14.3. The number of ether oxygens (including phenoxy) is 6. The van der Waals surface area contributed by atoms with Crippen molar-refractivity contribution in [2.75, 3.05) is 28.2 Å². The Kier molecular flexibility index (Phi) is 11.4. The van der Waals surface area contributed by atoms with Crippen LogP contribution in [0.25, 0.3) is 54.2 Å². The van der Waals surface area contributed by atoms with Gasteiger partial charge in [0.1, 0.15) is 57.2 Å². The summed E-state index contributed by atoms with van der Waals surface area (Å²) in [7, 11) is 6.98. The molecule has 16 atom stereocenters. The Morgan fingerprint density at radius 3 is 1.14 bits per heavy atom. The van der Waals surface area contributed by atoms with Crippen LogP contribution in [0.15, 0.2) is 43.4 Å². The minimum absolute atomic E-state index is 0.225. The predicted octanol–water partition coefficient (Wildman–Crippen LogP) is 0.150. The smallest absolute Gasteiger partial charge is 0.333 e. The molecule has 0 bridgehead atoms. The normalized spacial score (nSPS) is 35.9. The summed E-state index contributed by atoms with van der Waals surface area (Å²) in [6.07, 6.45) is -11.2. The summed E-state index contributed by atoms with van der Waals surface area (Å²) in [6.45, 7) is 6.57. The van der Waals surface area contributed by atoms with Crippen molar-refractivity contribution in [1.29, 1.82) is 0 Å². The van der Waals surface area contributed by atoms with Crippen LogP contribution in [0.1, 0.15) is 87.8 Å². The van der Waals surface area contributed by atoms with Gasteiger partial charge in [-0.25, -0.2) is 0 Å². The molecule has 0 amide bonds. The molecular weight excluding hydrogens is 1020 g/mol. The molecule has 78 heavy (non-hydrogen) atoms. The van der Waals surface area contributed by atoms with E-state index in [-0.39, 0.29) is 36.8 Å². The largest absolute Gasteiger partial charge is 0.506 e. The van der Waals surface area contributed by atoms with Crippen molar-refractivity contribution in [3.05, 3.63) is 109 Å². The standard InChI is InChI=1S/C54H56N6O18/c1-9-51-47-48-52(10-2,50(76-26-16-24(66)42(60(7)8)18(4)74-26)36-38(54(48,72)77-51)32-34(40(36)58-56)46(70)30-22(64)14-12-20(62)28(30)44(32)68)78-53(47,71)37-31-33(45(69)29-21(63)13-11-19(61)27(29)43(31)67)39(57-55)35(37)49(51)75-25-15-23(65)41(59(5)6)17(3)73-25/h11-14,17-18,23-26,41-42,47-50,65-72H,9-10,15-16H2,1-8H3/t17-,18-,23-,24-,25+,26+,41-,42-,47-,48-,49-,50-,51+,52+,53+,54+/m1/s1. The van der Waals surface area contributed by atoms with Gasteiger partial charge in [0, 0.05) is 34.7 Å². The van der Waals surface area contributed by atoms with Crippen LogP contribution in [-0.4, -0.2) is 149 Å². The van der Waals surface area contributed by atoms with E-state index in [1.807, 2.05) is 0 Å². The summed E-state index contributed by atoms with van der Waals surface area (Å²) in [5.41, 5.74) is 12.7. The molecular formula is C54H56N6O18. The molecule has 0 saturated carbocycles. The lowest BCUT2D eigenvalue weighted by molar-refractivity contribution is -0.377. The van der Waals surface area contributed by atoms with E-state index in [9.17, 15) is 71.1 Å². The van der Waals surface area contributed by atoms with E-state index in [4.69, 9.17) is 28.4 Å². The van der Waals surface area contributed by atoms with Crippen LogP contribution in [0.2, 0.25) is 0 Å². The Morgan fingerprint density at radius 2 is 0.872 bits per heavy atom. The van der Waals surface area contributed by atoms with Crippen LogP contribution in [0.4, 0.5) is 0 Å². The molecule has 6 aromatic carbocycles. The van der Waals surface area contributed by atoms with Gasteiger partial charge >= 0.3 is 10.7 Å². The van der Waals surface area contributed by atoms with Crippen molar-refractivity contribution in [2.45, 2.75) is 137 Å². The first-order valence-corrected chi connectivity index (χ1v) is 25.7. The van der Waals surface area contributed by atoms with E-state index < -0.39 is 206 Å². The van der Waals surface area contributed by atoms with Crippen LogP contribution in [-0.2, 0) is 40.0 Å². The SMILES string of the molecule is CC[C@@]12O[C@@]3(O)c4c(c(=[N+]=[N-])c5c(O)c6c(=O)ccc(=O)c6c(O)c45)[C@@H](O[C@H]4C[C@@H](O)[C@H](N(C)C)[C@@H](C)O4)[C@@]4(CC)O[C@@](O)(c5c(c(=[N+]=[N-])c6c(O)c7c(=O)ccc(=O)c7c(O)c56)[C@H]1O[C@H]1C[C@@H](O)[C@H](N(C)C)[C@@H](C)O1)[C@@H]2[C@H]43. The highest BCUT2D eigenvalue weighted by atomic mass is 16.7. The highest BCUT2D eigenvalue weighted by Crippen LogP contribution is 2.78. The molecule has 0 unspecified atom stereocenters. The lowest BCUT2D eigenvalue weighted by Gasteiger charge is -2.52. The number of aromatic hydroxyl groups is 4. The summed E-state index contributed by atoms with van der Waals surface area (Å²) in [5, 5.41) is 95.5. The molecule has 4 aliphatic heterocycles. The van der Waals surface area contributed by atoms with Crippen LogP contribution in [0.3, 0.4) is 0 Å². The zero-order valence-electron chi connectivity index (χ0n) is 43.4. The maximum absolute atomic E-state index is 14.3. The number of phenols is 4. The molecule has 0 aromatic heterocycles. The van der Waals surface area contributed by atoms with Gasteiger partial charge in [-0.1, -0.05) is 13.8 Å². The molecule has 4 saturated heterocycles. The van der Waals surface area contributed by atoms with E-state index in [1.165, 1.54) is 0 Å². The molecule has 24 nitrogen and oxygen atoms in total. The fourth-order valence-corrected chi connectivity index (χ4v) is 15.5. The molecule has 8 N–H and O–H groups in total.